The Hall–Kier alpha value is -3.44. The molecular formula is C20H18N4O3S. The summed E-state index contributed by atoms with van der Waals surface area (Å²) in [6, 6.07) is 17.8. The van der Waals surface area contributed by atoms with Gasteiger partial charge in [-0.2, -0.15) is 5.26 Å². The molecule has 0 amide bonds. The van der Waals surface area contributed by atoms with Gasteiger partial charge in [-0.1, -0.05) is 35.4 Å². The molecule has 7 nitrogen and oxygen atoms in total. The van der Waals surface area contributed by atoms with Gasteiger partial charge in [0.2, 0.25) is 15.7 Å². The third-order valence-corrected chi connectivity index (χ3v) is 5.63. The van der Waals surface area contributed by atoms with Gasteiger partial charge in [0.15, 0.2) is 0 Å². The van der Waals surface area contributed by atoms with Crippen molar-refractivity contribution in [2.24, 2.45) is 0 Å². The second-order valence-electron chi connectivity index (χ2n) is 6.53. The molecule has 0 bridgehead atoms. The summed E-state index contributed by atoms with van der Waals surface area (Å²) in [6.07, 6.45) is 0.937. The Kier molecular flexibility index (Phi) is 5.29. The van der Waals surface area contributed by atoms with E-state index in [1.807, 2.05) is 44.2 Å². The van der Waals surface area contributed by atoms with E-state index in [4.69, 9.17) is 9.68 Å². The number of nitriles is 1. The van der Waals surface area contributed by atoms with Crippen LogP contribution in [0.5, 0.6) is 0 Å². The van der Waals surface area contributed by atoms with E-state index < -0.39 is 15.3 Å². The number of allylic oxidation sites excluding steroid dienone is 1. The number of anilines is 2. The van der Waals surface area contributed by atoms with Gasteiger partial charge < -0.3 is 9.73 Å². The Balaban J connectivity index is 1.83. The van der Waals surface area contributed by atoms with Gasteiger partial charge in [-0.15, -0.1) is 5.10 Å². The zero-order chi connectivity index (χ0) is 20.2. The first-order valence-electron chi connectivity index (χ1n) is 8.41. The molecule has 0 fully saturated rings. The lowest BCUT2D eigenvalue weighted by Gasteiger charge is -2.20. The lowest BCUT2D eigenvalue weighted by molar-refractivity contribution is 0.421. The summed E-state index contributed by atoms with van der Waals surface area (Å²) in [7, 11) is -3.64. The minimum Gasteiger partial charge on any atom is -0.407 e. The van der Waals surface area contributed by atoms with Crippen LogP contribution in [-0.2, 0) is 15.3 Å². The van der Waals surface area contributed by atoms with Crippen molar-refractivity contribution in [3.05, 3.63) is 77.5 Å². The van der Waals surface area contributed by atoms with Gasteiger partial charge in [-0.25, -0.2) is 8.42 Å². The molecule has 0 radical (unpaired) electrons. The van der Waals surface area contributed by atoms with Gasteiger partial charge in [0.1, 0.15) is 0 Å². The molecule has 8 heteroatoms. The molecule has 1 heterocycles. The Labute approximate surface area is 163 Å². The molecular weight excluding hydrogens is 376 g/mol. The fraction of sp³-hybridized carbons (Fsp3) is 0.150. The number of nitrogens with one attached hydrogen (secondary N) is 1. The first-order valence-corrected chi connectivity index (χ1v) is 9.95. The maximum absolute atomic E-state index is 12.1. The fourth-order valence-corrected chi connectivity index (χ4v) is 3.47. The van der Waals surface area contributed by atoms with Gasteiger partial charge in [0, 0.05) is 17.2 Å². The normalized spacial score (nSPS) is 12.0. The van der Waals surface area contributed by atoms with Crippen molar-refractivity contribution in [2.75, 3.05) is 5.32 Å². The minimum absolute atomic E-state index is 0.107. The van der Waals surface area contributed by atoms with E-state index in [-0.39, 0.29) is 10.9 Å². The molecule has 0 aliphatic rings. The number of rotatable bonds is 6. The number of hydrogen-bond donors (Lipinski definition) is 1. The number of nitrogens with zero attached hydrogens (tertiary/aromatic N) is 3. The standard InChI is InChI=1S/C20H18N4O3S/c1-20(2,15-9-11-17(12-10-15)28(25,26)14-6-13-21)18-23-24-19(27-18)22-16-7-4-3-5-8-16/h3-12,14H,1-2H3,(H,22,24)/b14-6+. The zero-order valence-electron chi connectivity index (χ0n) is 15.3. The SMILES string of the molecule is CC(C)(c1ccc(S(=O)(=O)/C=C/C#N)cc1)c1nnc(Nc2ccccc2)o1. The summed E-state index contributed by atoms with van der Waals surface area (Å²) in [5.74, 6) is 0.394. The van der Waals surface area contributed by atoms with E-state index in [2.05, 4.69) is 15.5 Å². The summed E-state index contributed by atoms with van der Waals surface area (Å²) in [5, 5.41) is 20.6. The molecule has 0 saturated carbocycles. The van der Waals surface area contributed by atoms with Crippen molar-refractivity contribution < 1.29 is 12.8 Å². The van der Waals surface area contributed by atoms with Crippen molar-refractivity contribution in [2.45, 2.75) is 24.2 Å². The van der Waals surface area contributed by atoms with Gasteiger partial charge in [-0.3, -0.25) is 0 Å². The van der Waals surface area contributed by atoms with E-state index in [9.17, 15) is 8.42 Å². The van der Waals surface area contributed by atoms with E-state index in [0.717, 1.165) is 22.7 Å². The molecule has 0 aliphatic heterocycles. The first-order chi connectivity index (χ1) is 13.3. The van der Waals surface area contributed by atoms with Crippen LogP contribution in [0.2, 0.25) is 0 Å². The van der Waals surface area contributed by atoms with Crippen LogP contribution in [0.1, 0.15) is 25.3 Å². The third kappa shape index (κ3) is 4.10. The number of aromatic nitrogens is 2. The average Bonchev–Trinajstić information content (AvgIpc) is 3.17. The molecule has 0 aliphatic carbocycles. The largest absolute Gasteiger partial charge is 0.407 e. The van der Waals surface area contributed by atoms with Crippen LogP contribution in [0.25, 0.3) is 0 Å². The topological polar surface area (TPSA) is 109 Å². The molecule has 0 unspecified atom stereocenters. The van der Waals surface area contributed by atoms with Crippen LogP contribution >= 0.6 is 0 Å². The summed E-state index contributed by atoms with van der Waals surface area (Å²) in [4.78, 5) is 0.107. The van der Waals surface area contributed by atoms with Gasteiger partial charge in [-0.05, 0) is 43.7 Å². The van der Waals surface area contributed by atoms with Crippen molar-refractivity contribution in [3.8, 4) is 6.07 Å². The van der Waals surface area contributed by atoms with Crippen molar-refractivity contribution in [1.29, 1.82) is 5.26 Å². The third-order valence-electron chi connectivity index (χ3n) is 4.21. The van der Waals surface area contributed by atoms with Crippen LogP contribution < -0.4 is 5.32 Å². The molecule has 2 aromatic carbocycles. The number of para-hydroxylation sites is 1. The Morgan fingerprint density at radius 2 is 1.75 bits per heavy atom. The van der Waals surface area contributed by atoms with E-state index in [0.29, 0.717) is 5.89 Å². The lowest BCUT2D eigenvalue weighted by atomic mass is 9.85. The average molecular weight is 394 g/mol. The molecule has 3 rings (SSSR count). The maximum atomic E-state index is 12.1. The fourth-order valence-electron chi connectivity index (χ4n) is 2.55. The molecule has 0 atom stereocenters. The first kappa shape index (κ1) is 19.3. The number of hydrogen-bond acceptors (Lipinski definition) is 7. The number of sulfone groups is 1. The Bertz CT molecular complexity index is 1130. The Morgan fingerprint density at radius 3 is 2.39 bits per heavy atom. The zero-order valence-corrected chi connectivity index (χ0v) is 16.1. The van der Waals surface area contributed by atoms with Crippen molar-refractivity contribution in [1.82, 2.24) is 10.2 Å². The second-order valence-corrected chi connectivity index (χ2v) is 8.36. The van der Waals surface area contributed by atoms with Crippen molar-refractivity contribution >= 4 is 21.5 Å². The smallest absolute Gasteiger partial charge is 0.320 e. The van der Waals surface area contributed by atoms with E-state index >= 15 is 0 Å². The highest BCUT2D eigenvalue weighted by Gasteiger charge is 2.30. The van der Waals surface area contributed by atoms with Crippen LogP contribution in [0, 0.1) is 11.3 Å². The predicted octanol–water partition coefficient (Wildman–Crippen LogP) is 3.95. The van der Waals surface area contributed by atoms with Crippen molar-refractivity contribution in [3.63, 3.8) is 0 Å². The van der Waals surface area contributed by atoms with Gasteiger partial charge >= 0.3 is 6.01 Å². The summed E-state index contributed by atoms with van der Waals surface area (Å²) in [5.41, 5.74) is 1.01. The van der Waals surface area contributed by atoms with E-state index in [1.165, 1.54) is 12.1 Å². The van der Waals surface area contributed by atoms with Gasteiger partial charge in [0.05, 0.1) is 16.4 Å². The van der Waals surface area contributed by atoms with Crippen LogP contribution in [0.15, 0.2) is 75.4 Å². The van der Waals surface area contributed by atoms with E-state index in [1.54, 1.807) is 18.2 Å². The summed E-state index contributed by atoms with van der Waals surface area (Å²) >= 11 is 0. The van der Waals surface area contributed by atoms with Crippen LogP contribution in [0.4, 0.5) is 11.7 Å². The molecule has 0 saturated heterocycles. The monoisotopic (exact) mass is 394 g/mol. The molecule has 142 valence electrons. The molecule has 1 aromatic heterocycles. The van der Waals surface area contributed by atoms with Gasteiger partial charge in [0.25, 0.3) is 0 Å². The Morgan fingerprint density at radius 1 is 1.07 bits per heavy atom. The van der Waals surface area contributed by atoms with Crippen LogP contribution in [-0.4, -0.2) is 18.6 Å². The molecule has 3 aromatic rings. The second kappa shape index (κ2) is 7.66. The molecule has 1 N–H and O–H groups in total. The summed E-state index contributed by atoms with van der Waals surface area (Å²) < 4.78 is 30.0. The highest BCUT2D eigenvalue weighted by Crippen LogP contribution is 2.32. The molecule has 0 spiro atoms. The lowest BCUT2D eigenvalue weighted by Crippen LogP contribution is -2.19. The minimum atomic E-state index is -3.64. The molecule has 28 heavy (non-hydrogen) atoms. The highest BCUT2D eigenvalue weighted by atomic mass is 32.2. The quantitative estimate of drug-likeness (QED) is 0.630. The number of benzene rings is 2. The maximum Gasteiger partial charge on any atom is 0.320 e. The highest BCUT2D eigenvalue weighted by molar-refractivity contribution is 7.94. The predicted molar refractivity (Wildman–Crippen MR) is 105 cm³/mol. The van der Waals surface area contributed by atoms with Crippen LogP contribution in [0.3, 0.4) is 0 Å². The summed E-state index contributed by atoms with van der Waals surface area (Å²) in [6.45, 7) is 3.82.